The van der Waals surface area contributed by atoms with Crippen LogP contribution in [0.3, 0.4) is 0 Å². The highest BCUT2D eigenvalue weighted by molar-refractivity contribution is 7.15. The topological polar surface area (TPSA) is 40.9 Å². The third-order valence-electron chi connectivity index (χ3n) is 5.07. The highest BCUT2D eigenvalue weighted by Crippen LogP contribution is 2.31. The second-order valence-corrected chi connectivity index (χ2v) is 7.30. The van der Waals surface area contributed by atoms with E-state index in [9.17, 15) is 4.79 Å². The lowest BCUT2D eigenvalue weighted by atomic mass is 10.0. The second-order valence-electron chi connectivity index (χ2n) is 6.43. The number of imidazole rings is 1. The van der Waals surface area contributed by atoms with Crippen molar-refractivity contribution in [3.05, 3.63) is 23.5 Å². The molecule has 2 aliphatic rings. The number of thiazole rings is 1. The van der Waals surface area contributed by atoms with Crippen LogP contribution >= 0.6 is 11.3 Å². The van der Waals surface area contributed by atoms with Gasteiger partial charge in [-0.1, -0.05) is 0 Å². The van der Waals surface area contributed by atoms with E-state index in [1.54, 1.807) is 18.3 Å². The Labute approximate surface area is 134 Å². The SMILES string of the molecule is CC(=O)N1CCCC1C1CCCN1Cc1cn2ccsc2n1. The molecule has 22 heavy (non-hydrogen) atoms. The maximum Gasteiger partial charge on any atom is 0.219 e. The molecule has 2 atom stereocenters. The van der Waals surface area contributed by atoms with E-state index in [0.29, 0.717) is 12.1 Å². The van der Waals surface area contributed by atoms with E-state index in [2.05, 4.69) is 32.0 Å². The number of nitrogens with zero attached hydrogens (tertiary/aromatic N) is 4. The molecule has 4 heterocycles. The van der Waals surface area contributed by atoms with Crippen molar-refractivity contribution in [1.82, 2.24) is 19.2 Å². The van der Waals surface area contributed by atoms with Gasteiger partial charge in [0.05, 0.1) is 5.69 Å². The van der Waals surface area contributed by atoms with Crippen LogP contribution in [0, 0.1) is 0 Å². The molecule has 2 aromatic heterocycles. The first-order valence-electron chi connectivity index (χ1n) is 8.15. The number of amides is 1. The predicted octanol–water partition coefficient (Wildman–Crippen LogP) is 2.37. The molecule has 0 spiro atoms. The van der Waals surface area contributed by atoms with Gasteiger partial charge >= 0.3 is 0 Å². The monoisotopic (exact) mass is 318 g/mol. The smallest absolute Gasteiger partial charge is 0.219 e. The van der Waals surface area contributed by atoms with Gasteiger partial charge in [-0.2, -0.15) is 0 Å². The summed E-state index contributed by atoms with van der Waals surface area (Å²) < 4.78 is 2.10. The van der Waals surface area contributed by atoms with Gasteiger partial charge in [0.25, 0.3) is 0 Å². The van der Waals surface area contributed by atoms with Crippen molar-refractivity contribution in [1.29, 1.82) is 0 Å². The van der Waals surface area contributed by atoms with Crippen molar-refractivity contribution >= 4 is 22.2 Å². The lowest BCUT2D eigenvalue weighted by Crippen LogP contribution is -2.47. The average molecular weight is 318 g/mol. The maximum absolute atomic E-state index is 11.9. The fourth-order valence-corrected chi connectivity index (χ4v) is 4.85. The first-order chi connectivity index (χ1) is 10.7. The molecule has 0 saturated carbocycles. The summed E-state index contributed by atoms with van der Waals surface area (Å²) in [5.41, 5.74) is 1.14. The Kier molecular flexibility index (Phi) is 3.66. The van der Waals surface area contributed by atoms with E-state index < -0.39 is 0 Å². The van der Waals surface area contributed by atoms with Gasteiger partial charge in [-0.3, -0.25) is 14.1 Å². The zero-order valence-electron chi connectivity index (χ0n) is 12.9. The van der Waals surface area contributed by atoms with Crippen molar-refractivity contribution in [2.24, 2.45) is 0 Å². The van der Waals surface area contributed by atoms with Gasteiger partial charge in [0, 0.05) is 49.9 Å². The normalized spacial score (nSPS) is 26.3. The average Bonchev–Trinajstić information content (AvgIpc) is 3.21. The largest absolute Gasteiger partial charge is 0.338 e. The molecule has 2 aliphatic heterocycles. The highest BCUT2D eigenvalue weighted by atomic mass is 32.1. The van der Waals surface area contributed by atoms with Crippen LogP contribution in [0.4, 0.5) is 0 Å². The maximum atomic E-state index is 11.9. The summed E-state index contributed by atoms with van der Waals surface area (Å²) in [4.78, 5) is 22.3. The number of likely N-dealkylation sites (tertiary alicyclic amines) is 2. The van der Waals surface area contributed by atoms with E-state index >= 15 is 0 Å². The summed E-state index contributed by atoms with van der Waals surface area (Å²) in [5.74, 6) is 0.233. The summed E-state index contributed by atoms with van der Waals surface area (Å²) in [7, 11) is 0. The molecule has 0 radical (unpaired) electrons. The minimum atomic E-state index is 0.233. The fourth-order valence-electron chi connectivity index (χ4n) is 4.13. The van der Waals surface area contributed by atoms with E-state index in [4.69, 9.17) is 4.98 Å². The Balaban J connectivity index is 1.51. The number of hydrogen-bond acceptors (Lipinski definition) is 4. The Morgan fingerprint density at radius 3 is 2.95 bits per heavy atom. The standard InChI is InChI=1S/C16H22N4OS/c1-12(21)20-7-3-5-15(20)14-4-2-6-18(14)10-13-11-19-8-9-22-16(19)17-13/h8-9,11,14-15H,2-7,10H2,1H3. The lowest BCUT2D eigenvalue weighted by Gasteiger charge is -2.34. The molecule has 2 saturated heterocycles. The van der Waals surface area contributed by atoms with Crippen molar-refractivity contribution in [3.8, 4) is 0 Å². The van der Waals surface area contributed by atoms with E-state index in [1.165, 1.54) is 12.8 Å². The predicted molar refractivity (Wildman–Crippen MR) is 86.9 cm³/mol. The van der Waals surface area contributed by atoms with Crippen molar-refractivity contribution in [2.45, 2.75) is 51.2 Å². The van der Waals surface area contributed by atoms with Gasteiger partial charge in [0.1, 0.15) is 0 Å². The third kappa shape index (κ3) is 2.44. The van der Waals surface area contributed by atoms with Gasteiger partial charge < -0.3 is 4.90 Å². The van der Waals surface area contributed by atoms with Gasteiger partial charge in [-0.05, 0) is 32.2 Å². The van der Waals surface area contributed by atoms with Crippen LogP contribution in [-0.2, 0) is 11.3 Å². The van der Waals surface area contributed by atoms with Crippen LogP contribution in [-0.4, -0.2) is 50.3 Å². The second kappa shape index (κ2) is 5.66. The van der Waals surface area contributed by atoms with Crippen LogP contribution in [0.5, 0.6) is 0 Å². The summed E-state index contributed by atoms with van der Waals surface area (Å²) in [5, 5.41) is 2.06. The first-order valence-corrected chi connectivity index (χ1v) is 9.02. The molecular formula is C16H22N4OS. The van der Waals surface area contributed by atoms with Crippen molar-refractivity contribution < 1.29 is 4.79 Å². The minimum absolute atomic E-state index is 0.233. The molecule has 2 fully saturated rings. The number of hydrogen-bond donors (Lipinski definition) is 0. The van der Waals surface area contributed by atoms with Gasteiger partial charge in [0.15, 0.2) is 4.96 Å². The van der Waals surface area contributed by atoms with Crippen LogP contribution in [0.2, 0.25) is 0 Å². The van der Waals surface area contributed by atoms with Crippen molar-refractivity contribution in [2.75, 3.05) is 13.1 Å². The van der Waals surface area contributed by atoms with Crippen LogP contribution in [0.15, 0.2) is 17.8 Å². The Hall–Kier alpha value is -1.40. The summed E-state index contributed by atoms with van der Waals surface area (Å²) in [6.07, 6.45) is 8.94. The molecule has 2 aromatic rings. The molecule has 0 N–H and O–H groups in total. The molecular weight excluding hydrogens is 296 g/mol. The number of fused-ring (bicyclic) bond motifs is 1. The third-order valence-corrected chi connectivity index (χ3v) is 5.84. The van der Waals surface area contributed by atoms with Crippen LogP contribution in [0.1, 0.15) is 38.3 Å². The molecule has 5 nitrogen and oxygen atoms in total. The Bertz CT molecular complexity index is 650. The molecule has 118 valence electrons. The molecule has 0 aromatic carbocycles. The number of rotatable bonds is 3. The van der Waals surface area contributed by atoms with Gasteiger partial charge in [0.2, 0.25) is 5.91 Å². The molecule has 2 unspecified atom stereocenters. The van der Waals surface area contributed by atoms with Gasteiger partial charge in [-0.25, -0.2) is 4.98 Å². The summed E-state index contributed by atoms with van der Waals surface area (Å²) in [6.45, 7) is 4.67. The molecule has 4 rings (SSSR count). The summed E-state index contributed by atoms with van der Waals surface area (Å²) in [6, 6.07) is 0.912. The number of carbonyl (C=O) groups is 1. The lowest BCUT2D eigenvalue weighted by molar-refractivity contribution is -0.130. The van der Waals surface area contributed by atoms with E-state index in [0.717, 1.165) is 43.1 Å². The number of aromatic nitrogens is 2. The van der Waals surface area contributed by atoms with E-state index in [1.807, 2.05) is 0 Å². The highest BCUT2D eigenvalue weighted by Gasteiger charge is 2.38. The van der Waals surface area contributed by atoms with E-state index in [-0.39, 0.29) is 5.91 Å². The van der Waals surface area contributed by atoms with Crippen molar-refractivity contribution in [3.63, 3.8) is 0 Å². The Morgan fingerprint density at radius 1 is 1.32 bits per heavy atom. The zero-order chi connectivity index (χ0) is 15.1. The first kappa shape index (κ1) is 14.2. The molecule has 0 aliphatic carbocycles. The zero-order valence-corrected chi connectivity index (χ0v) is 13.8. The van der Waals surface area contributed by atoms with Gasteiger partial charge in [-0.15, -0.1) is 11.3 Å². The van der Waals surface area contributed by atoms with Crippen LogP contribution in [0.25, 0.3) is 4.96 Å². The van der Waals surface area contributed by atoms with Crippen LogP contribution < -0.4 is 0 Å². The molecule has 0 bridgehead atoms. The molecule has 1 amide bonds. The summed E-state index contributed by atoms with van der Waals surface area (Å²) >= 11 is 1.68. The Morgan fingerprint density at radius 2 is 2.14 bits per heavy atom. The fraction of sp³-hybridized carbons (Fsp3) is 0.625. The molecule has 6 heteroatoms. The number of carbonyl (C=O) groups excluding carboxylic acids is 1. The quantitative estimate of drug-likeness (QED) is 0.872. The minimum Gasteiger partial charge on any atom is -0.338 e.